The van der Waals surface area contributed by atoms with Crippen LogP contribution in [0.25, 0.3) is 0 Å². The third kappa shape index (κ3) is 4.06. The number of amides is 1. The Morgan fingerprint density at radius 2 is 1.59 bits per heavy atom. The molecule has 1 aromatic carbocycles. The van der Waals surface area contributed by atoms with Crippen molar-refractivity contribution in [1.82, 2.24) is 9.21 Å². The molecule has 29 heavy (non-hydrogen) atoms. The highest BCUT2D eigenvalue weighted by molar-refractivity contribution is 7.89. The standard InChI is InChI=1S/C22H29N3O3S/c23-16-17-7-9-20(10-8-17)29(27,28)24-14-11-19(12-15-24)22(26)25-13-3-5-18-4-1-2-6-21(18)25/h7-10,18-19,21H,1-6,11-15H2/t18-,21+/m0/s1. The molecule has 0 aromatic heterocycles. The van der Waals surface area contributed by atoms with Crippen LogP contribution in [0.1, 0.15) is 56.9 Å². The SMILES string of the molecule is N#Cc1ccc(S(=O)(=O)N2CCC(C(=O)N3CCC[C@@H]4CCCC[C@H]43)CC2)cc1. The van der Waals surface area contributed by atoms with Crippen molar-refractivity contribution in [2.45, 2.75) is 62.3 Å². The smallest absolute Gasteiger partial charge is 0.243 e. The number of benzene rings is 1. The summed E-state index contributed by atoms with van der Waals surface area (Å²) in [7, 11) is -3.58. The summed E-state index contributed by atoms with van der Waals surface area (Å²) < 4.78 is 27.3. The molecule has 2 saturated heterocycles. The van der Waals surface area contributed by atoms with Crippen molar-refractivity contribution in [3.8, 4) is 6.07 Å². The molecule has 1 amide bonds. The van der Waals surface area contributed by atoms with Gasteiger partial charge in [0, 0.05) is 31.6 Å². The van der Waals surface area contributed by atoms with Crippen molar-refractivity contribution in [3.05, 3.63) is 29.8 Å². The van der Waals surface area contributed by atoms with Gasteiger partial charge in [0.05, 0.1) is 16.5 Å². The Balaban J connectivity index is 1.39. The fraction of sp³-hybridized carbons (Fsp3) is 0.636. The van der Waals surface area contributed by atoms with E-state index in [0.717, 1.165) is 19.4 Å². The highest BCUT2D eigenvalue weighted by Crippen LogP contribution is 2.37. The molecule has 3 fully saturated rings. The molecule has 4 rings (SSSR count). The van der Waals surface area contributed by atoms with Crippen LogP contribution in [-0.2, 0) is 14.8 Å². The molecule has 0 radical (unpaired) electrons. The predicted molar refractivity (Wildman–Crippen MR) is 109 cm³/mol. The maximum atomic E-state index is 13.2. The minimum Gasteiger partial charge on any atom is -0.339 e. The Hall–Kier alpha value is -1.91. The predicted octanol–water partition coefficient (Wildman–Crippen LogP) is 3.14. The van der Waals surface area contributed by atoms with E-state index in [1.165, 1.54) is 54.3 Å². The summed E-state index contributed by atoms with van der Waals surface area (Å²) in [5.74, 6) is 0.846. The Labute approximate surface area is 173 Å². The van der Waals surface area contributed by atoms with Crippen molar-refractivity contribution in [2.75, 3.05) is 19.6 Å². The number of piperidine rings is 2. The lowest BCUT2D eigenvalue weighted by Gasteiger charge is -2.46. The summed E-state index contributed by atoms with van der Waals surface area (Å²) in [6.45, 7) is 1.62. The summed E-state index contributed by atoms with van der Waals surface area (Å²) >= 11 is 0. The first kappa shape index (κ1) is 20.4. The molecule has 0 unspecified atom stereocenters. The van der Waals surface area contributed by atoms with E-state index in [0.29, 0.717) is 43.5 Å². The lowest BCUT2D eigenvalue weighted by molar-refractivity contribution is -0.143. The first-order valence-corrected chi connectivity index (χ1v) is 12.3. The Morgan fingerprint density at radius 3 is 2.28 bits per heavy atom. The van der Waals surface area contributed by atoms with Crippen LogP contribution in [0.15, 0.2) is 29.2 Å². The van der Waals surface area contributed by atoms with Crippen LogP contribution in [0.5, 0.6) is 0 Å². The molecule has 2 atom stereocenters. The zero-order valence-corrected chi connectivity index (χ0v) is 17.6. The maximum Gasteiger partial charge on any atom is 0.243 e. The Morgan fingerprint density at radius 1 is 0.931 bits per heavy atom. The number of likely N-dealkylation sites (tertiary alicyclic amines) is 1. The second-order valence-electron chi connectivity index (χ2n) is 8.60. The van der Waals surface area contributed by atoms with Gasteiger partial charge in [-0.2, -0.15) is 9.57 Å². The lowest BCUT2D eigenvalue weighted by Crippen LogP contribution is -2.53. The van der Waals surface area contributed by atoms with Gasteiger partial charge in [-0.15, -0.1) is 0 Å². The van der Waals surface area contributed by atoms with Crippen LogP contribution in [0.2, 0.25) is 0 Å². The van der Waals surface area contributed by atoms with E-state index >= 15 is 0 Å². The number of hydrogen-bond acceptors (Lipinski definition) is 4. The molecule has 1 aromatic rings. The van der Waals surface area contributed by atoms with Gasteiger partial charge >= 0.3 is 0 Å². The first-order chi connectivity index (χ1) is 14.0. The van der Waals surface area contributed by atoms with Crippen LogP contribution < -0.4 is 0 Å². The number of fused-ring (bicyclic) bond motifs is 1. The third-order valence-corrected chi connectivity index (χ3v) is 8.86. The molecule has 1 aliphatic carbocycles. The van der Waals surface area contributed by atoms with E-state index in [4.69, 9.17) is 5.26 Å². The quantitative estimate of drug-likeness (QED) is 0.759. The normalized spacial score (nSPS) is 26.5. The van der Waals surface area contributed by atoms with Gasteiger partial charge in [0.1, 0.15) is 0 Å². The van der Waals surface area contributed by atoms with E-state index in [-0.39, 0.29) is 16.7 Å². The van der Waals surface area contributed by atoms with Gasteiger partial charge in [0.15, 0.2) is 0 Å². The molecular formula is C22H29N3O3S. The molecule has 7 heteroatoms. The second kappa shape index (κ2) is 8.45. The zero-order chi connectivity index (χ0) is 20.4. The number of nitriles is 1. The minimum atomic E-state index is -3.58. The van der Waals surface area contributed by atoms with Crippen molar-refractivity contribution < 1.29 is 13.2 Å². The van der Waals surface area contributed by atoms with Crippen LogP contribution in [0.3, 0.4) is 0 Å². The molecule has 6 nitrogen and oxygen atoms in total. The van der Waals surface area contributed by atoms with E-state index in [1.807, 2.05) is 6.07 Å². The Kier molecular flexibility index (Phi) is 5.93. The topological polar surface area (TPSA) is 81.5 Å². The largest absolute Gasteiger partial charge is 0.339 e. The molecule has 0 N–H and O–H groups in total. The molecule has 0 spiro atoms. The van der Waals surface area contributed by atoms with Crippen molar-refractivity contribution in [1.29, 1.82) is 5.26 Å². The molecular weight excluding hydrogens is 386 g/mol. The minimum absolute atomic E-state index is 0.0666. The number of carbonyl (C=O) groups is 1. The van der Waals surface area contributed by atoms with E-state index in [9.17, 15) is 13.2 Å². The third-order valence-electron chi connectivity index (χ3n) is 6.95. The van der Waals surface area contributed by atoms with E-state index in [1.54, 1.807) is 0 Å². The molecule has 0 bridgehead atoms. The molecule has 2 heterocycles. The number of rotatable bonds is 3. The molecule has 2 aliphatic heterocycles. The second-order valence-corrected chi connectivity index (χ2v) is 10.5. The van der Waals surface area contributed by atoms with Gasteiger partial charge in [0.2, 0.25) is 15.9 Å². The first-order valence-electron chi connectivity index (χ1n) is 10.8. The molecule has 3 aliphatic rings. The maximum absolute atomic E-state index is 13.2. The van der Waals surface area contributed by atoms with Crippen molar-refractivity contribution >= 4 is 15.9 Å². The average molecular weight is 416 g/mol. The van der Waals surface area contributed by atoms with Gasteiger partial charge in [-0.25, -0.2) is 8.42 Å². The number of hydrogen-bond donors (Lipinski definition) is 0. The summed E-state index contributed by atoms with van der Waals surface area (Å²) in [4.78, 5) is 15.6. The molecule has 156 valence electrons. The number of carbonyl (C=O) groups excluding carboxylic acids is 1. The van der Waals surface area contributed by atoms with Crippen LogP contribution in [0.4, 0.5) is 0 Å². The van der Waals surface area contributed by atoms with E-state index < -0.39 is 10.0 Å². The van der Waals surface area contributed by atoms with Crippen LogP contribution in [0, 0.1) is 23.2 Å². The van der Waals surface area contributed by atoms with Crippen molar-refractivity contribution in [3.63, 3.8) is 0 Å². The monoisotopic (exact) mass is 415 g/mol. The Bertz CT molecular complexity index is 881. The number of sulfonamides is 1. The van der Waals surface area contributed by atoms with Gasteiger partial charge in [0.25, 0.3) is 0 Å². The molecule has 1 saturated carbocycles. The van der Waals surface area contributed by atoms with E-state index in [2.05, 4.69) is 4.90 Å². The number of nitrogens with zero attached hydrogens (tertiary/aromatic N) is 3. The highest BCUT2D eigenvalue weighted by atomic mass is 32.2. The fourth-order valence-electron chi connectivity index (χ4n) is 5.33. The van der Waals surface area contributed by atoms with Gasteiger partial charge < -0.3 is 4.90 Å². The summed E-state index contributed by atoms with van der Waals surface area (Å²) in [5.41, 5.74) is 0.441. The fourth-order valence-corrected chi connectivity index (χ4v) is 6.80. The van der Waals surface area contributed by atoms with Gasteiger partial charge in [-0.3, -0.25) is 4.79 Å². The van der Waals surface area contributed by atoms with Gasteiger partial charge in [-0.1, -0.05) is 12.8 Å². The highest BCUT2D eigenvalue weighted by Gasteiger charge is 2.39. The van der Waals surface area contributed by atoms with Crippen LogP contribution in [-0.4, -0.2) is 49.2 Å². The van der Waals surface area contributed by atoms with Gasteiger partial charge in [-0.05, 0) is 68.7 Å². The van der Waals surface area contributed by atoms with Crippen molar-refractivity contribution in [2.24, 2.45) is 11.8 Å². The van der Waals surface area contributed by atoms with Crippen LogP contribution >= 0.6 is 0 Å². The average Bonchev–Trinajstić information content (AvgIpc) is 2.78. The summed E-state index contributed by atoms with van der Waals surface area (Å²) in [6.07, 6.45) is 8.39. The zero-order valence-electron chi connectivity index (χ0n) is 16.8. The summed E-state index contributed by atoms with van der Waals surface area (Å²) in [5, 5.41) is 8.90. The lowest BCUT2D eigenvalue weighted by atomic mass is 9.77. The summed E-state index contributed by atoms with van der Waals surface area (Å²) in [6, 6.07) is 8.44.